The summed E-state index contributed by atoms with van der Waals surface area (Å²) in [4.78, 5) is 20.1. The van der Waals surface area contributed by atoms with E-state index in [0.717, 1.165) is 37.5 Å². The second-order valence-electron chi connectivity index (χ2n) is 6.13. The topological polar surface area (TPSA) is 36.4 Å². The van der Waals surface area contributed by atoms with Crippen molar-refractivity contribution in [1.29, 1.82) is 0 Å². The maximum Gasteiger partial charge on any atom is 0.433 e. The standard InChI is InChI=1S/C16H20F3N3OS/c17-16(18,19)14-3-2-12(10-20-14)15(23)22-6-1-5-21(7-8-22)13-4-9-24-11-13/h2-3,10,13H,1,4-9,11H2. The molecule has 4 nitrogen and oxygen atoms in total. The minimum Gasteiger partial charge on any atom is -0.337 e. The third-order valence-corrected chi connectivity index (χ3v) is 5.69. The van der Waals surface area contributed by atoms with Crippen LogP contribution >= 0.6 is 11.8 Å². The zero-order valence-electron chi connectivity index (χ0n) is 13.3. The van der Waals surface area contributed by atoms with Gasteiger partial charge >= 0.3 is 6.18 Å². The Balaban J connectivity index is 1.62. The van der Waals surface area contributed by atoms with Crippen molar-refractivity contribution in [2.75, 3.05) is 37.7 Å². The number of carbonyl (C=O) groups is 1. The molecule has 3 rings (SSSR count). The van der Waals surface area contributed by atoms with Gasteiger partial charge in [0.2, 0.25) is 0 Å². The van der Waals surface area contributed by atoms with Crippen molar-refractivity contribution in [3.8, 4) is 0 Å². The van der Waals surface area contributed by atoms with Gasteiger partial charge in [-0.2, -0.15) is 24.9 Å². The average Bonchev–Trinajstić information content (AvgIpc) is 2.98. The largest absolute Gasteiger partial charge is 0.433 e. The predicted octanol–water partition coefficient (Wildman–Crippen LogP) is 2.75. The number of alkyl halides is 3. The molecule has 3 heterocycles. The number of amides is 1. The Bertz CT molecular complexity index is 573. The van der Waals surface area contributed by atoms with Crippen molar-refractivity contribution < 1.29 is 18.0 Å². The van der Waals surface area contributed by atoms with Crippen molar-refractivity contribution in [3.63, 3.8) is 0 Å². The van der Waals surface area contributed by atoms with E-state index in [-0.39, 0.29) is 11.5 Å². The molecule has 0 spiro atoms. The molecular formula is C16H20F3N3OS. The van der Waals surface area contributed by atoms with E-state index in [2.05, 4.69) is 9.88 Å². The highest BCUT2D eigenvalue weighted by Crippen LogP contribution is 2.27. The summed E-state index contributed by atoms with van der Waals surface area (Å²) < 4.78 is 37.7. The first-order chi connectivity index (χ1) is 11.4. The van der Waals surface area contributed by atoms with Gasteiger partial charge in [-0.3, -0.25) is 14.7 Å². The monoisotopic (exact) mass is 359 g/mol. The molecular weight excluding hydrogens is 339 g/mol. The van der Waals surface area contributed by atoms with Crippen LogP contribution in [0.3, 0.4) is 0 Å². The summed E-state index contributed by atoms with van der Waals surface area (Å²) in [5.41, 5.74) is -0.757. The molecule has 0 radical (unpaired) electrons. The van der Waals surface area contributed by atoms with Gasteiger partial charge in [-0.25, -0.2) is 0 Å². The maximum atomic E-state index is 12.6. The lowest BCUT2D eigenvalue weighted by Crippen LogP contribution is -2.39. The molecule has 2 saturated heterocycles. The lowest BCUT2D eigenvalue weighted by atomic mass is 10.2. The van der Waals surface area contributed by atoms with E-state index < -0.39 is 11.9 Å². The van der Waals surface area contributed by atoms with Crippen LogP contribution in [0.25, 0.3) is 0 Å². The van der Waals surface area contributed by atoms with E-state index in [9.17, 15) is 18.0 Å². The van der Waals surface area contributed by atoms with Crippen molar-refractivity contribution in [3.05, 3.63) is 29.6 Å². The van der Waals surface area contributed by atoms with Crippen molar-refractivity contribution in [2.24, 2.45) is 0 Å². The molecule has 1 atom stereocenters. The highest BCUT2D eigenvalue weighted by molar-refractivity contribution is 7.99. The minimum absolute atomic E-state index is 0.216. The fourth-order valence-electron chi connectivity index (χ4n) is 3.19. The lowest BCUT2D eigenvalue weighted by Gasteiger charge is -2.26. The van der Waals surface area contributed by atoms with Gasteiger partial charge in [0.1, 0.15) is 5.69 Å². The maximum absolute atomic E-state index is 12.6. The molecule has 1 aromatic rings. The number of carbonyl (C=O) groups excluding carboxylic acids is 1. The fraction of sp³-hybridized carbons (Fsp3) is 0.625. The van der Waals surface area contributed by atoms with Gasteiger partial charge < -0.3 is 4.90 Å². The Kier molecular flexibility index (Phi) is 5.34. The zero-order chi connectivity index (χ0) is 17.2. The quantitative estimate of drug-likeness (QED) is 0.814. The van der Waals surface area contributed by atoms with Gasteiger partial charge in [-0.1, -0.05) is 0 Å². The first-order valence-electron chi connectivity index (χ1n) is 8.09. The first-order valence-corrected chi connectivity index (χ1v) is 9.25. The number of halogens is 3. The van der Waals surface area contributed by atoms with Crippen LogP contribution in [0, 0.1) is 0 Å². The normalized spacial score (nSPS) is 23.3. The van der Waals surface area contributed by atoms with Gasteiger partial charge in [-0.15, -0.1) is 0 Å². The van der Waals surface area contributed by atoms with Gasteiger partial charge in [-0.05, 0) is 30.7 Å². The third-order valence-electron chi connectivity index (χ3n) is 4.54. The Hall–Kier alpha value is -1.28. The Morgan fingerprint density at radius 1 is 1.21 bits per heavy atom. The molecule has 1 unspecified atom stereocenters. The number of hydrogen-bond donors (Lipinski definition) is 0. The van der Waals surface area contributed by atoms with E-state index in [1.807, 2.05) is 11.8 Å². The van der Waals surface area contributed by atoms with E-state index in [1.54, 1.807) is 4.90 Å². The van der Waals surface area contributed by atoms with Crippen molar-refractivity contribution in [2.45, 2.75) is 25.1 Å². The van der Waals surface area contributed by atoms with Gasteiger partial charge in [0.15, 0.2) is 0 Å². The van der Waals surface area contributed by atoms with Gasteiger partial charge in [0.25, 0.3) is 5.91 Å². The third kappa shape index (κ3) is 4.03. The predicted molar refractivity (Wildman–Crippen MR) is 87.1 cm³/mol. The van der Waals surface area contributed by atoms with Crippen LogP contribution in [0.2, 0.25) is 0 Å². The van der Waals surface area contributed by atoms with E-state index in [4.69, 9.17) is 0 Å². The second-order valence-corrected chi connectivity index (χ2v) is 7.28. The average molecular weight is 359 g/mol. The molecule has 0 N–H and O–H groups in total. The lowest BCUT2D eigenvalue weighted by molar-refractivity contribution is -0.141. The van der Waals surface area contributed by atoms with Gasteiger partial charge in [0.05, 0.1) is 5.56 Å². The van der Waals surface area contributed by atoms with Crippen LogP contribution < -0.4 is 0 Å². The van der Waals surface area contributed by atoms with E-state index in [0.29, 0.717) is 19.1 Å². The summed E-state index contributed by atoms with van der Waals surface area (Å²) >= 11 is 1.97. The molecule has 2 aliphatic heterocycles. The molecule has 2 aliphatic rings. The molecule has 8 heteroatoms. The number of rotatable bonds is 2. The number of pyridine rings is 1. The number of hydrogen-bond acceptors (Lipinski definition) is 4. The molecule has 0 aliphatic carbocycles. The summed E-state index contributed by atoms with van der Waals surface area (Å²) in [5, 5.41) is 0. The van der Waals surface area contributed by atoms with Crippen LogP contribution in [0.15, 0.2) is 18.3 Å². The molecule has 0 saturated carbocycles. The second kappa shape index (κ2) is 7.31. The number of nitrogens with zero attached hydrogens (tertiary/aromatic N) is 3. The van der Waals surface area contributed by atoms with E-state index in [1.165, 1.54) is 18.2 Å². The molecule has 1 amide bonds. The molecule has 0 aromatic carbocycles. The fourth-order valence-corrected chi connectivity index (χ4v) is 4.44. The summed E-state index contributed by atoms with van der Waals surface area (Å²) in [6.07, 6.45) is -1.37. The Morgan fingerprint density at radius 3 is 2.67 bits per heavy atom. The molecule has 1 aromatic heterocycles. The Labute approximate surface area is 143 Å². The minimum atomic E-state index is -4.48. The SMILES string of the molecule is O=C(c1ccc(C(F)(F)F)nc1)N1CCCN(C2CCSC2)CC1. The van der Waals surface area contributed by atoms with Crippen LogP contribution in [-0.4, -0.2) is 64.4 Å². The Morgan fingerprint density at radius 2 is 2.04 bits per heavy atom. The summed E-state index contributed by atoms with van der Waals surface area (Å²) in [5.74, 6) is 2.11. The van der Waals surface area contributed by atoms with Crippen molar-refractivity contribution >= 4 is 17.7 Å². The van der Waals surface area contributed by atoms with Crippen LogP contribution in [0.1, 0.15) is 28.9 Å². The van der Waals surface area contributed by atoms with Crippen LogP contribution in [0.4, 0.5) is 13.2 Å². The van der Waals surface area contributed by atoms with Crippen molar-refractivity contribution in [1.82, 2.24) is 14.8 Å². The summed E-state index contributed by atoms with van der Waals surface area (Å²) in [6.45, 7) is 3.04. The number of aromatic nitrogens is 1. The molecule has 0 bridgehead atoms. The highest BCUT2D eigenvalue weighted by Gasteiger charge is 2.32. The summed E-state index contributed by atoms with van der Waals surface area (Å²) in [6, 6.07) is 2.68. The van der Waals surface area contributed by atoms with Crippen LogP contribution in [-0.2, 0) is 6.18 Å². The first kappa shape index (κ1) is 17.5. The molecule has 2 fully saturated rings. The highest BCUT2D eigenvalue weighted by atomic mass is 32.2. The van der Waals surface area contributed by atoms with E-state index >= 15 is 0 Å². The van der Waals surface area contributed by atoms with Crippen LogP contribution in [0.5, 0.6) is 0 Å². The van der Waals surface area contributed by atoms with Gasteiger partial charge in [0, 0.05) is 44.2 Å². The molecule has 24 heavy (non-hydrogen) atoms. The smallest absolute Gasteiger partial charge is 0.337 e. The summed E-state index contributed by atoms with van der Waals surface area (Å²) in [7, 11) is 0. The zero-order valence-corrected chi connectivity index (χ0v) is 14.1. The number of thioether (sulfide) groups is 1. The molecule has 132 valence electrons.